The van der Waals surface area contributed by atoms with Crippen LogP contribution in [0.4, 0.5) is 4.39 Å². The third-order valence-corrected chi connectivity index (χ3v) is 4.04. The maximum Gasteiger partial charge on any atom is 0.221 e. The number of aromatic nitrogens is 1. The Kier molecular flexibility index (Phi) is 4.63. The highest BCUT2D eigenvalue weighted by atomic mass is 19.1. The summed E-state index contributed by atoms with van der Waals surface area (Å²) in [5.74, 6) is -0.192. The number of aromatic amines is 1. The number of hydrogen-bond donors (Lipinski definition) is 2. The van der Waals surface area contributed by atoms with Gasteiger partial charge >= 0.3 is 0 Å². The molecule has 114 valence electrons. The van der Waals surface area contributed by atoms with Crippen molar-refractivity contribution in [2.75, 3.05) is 14.1 Å². The van der Waals surface area contributed by atoms with Crippen LogP contribution < -0.4 is 5.32 Å². The van der Waals surface area contributed by atoms with Crippen molar-refractivity contribution in [3.63, 3.8) is 0 Å². The zero-order valence-electron chi connectivity index (χ0n) is 13.0. The van der Waals surface area contributed by atoms with Gasteiger partial charge in [-0.2, -0.15) is 0 Å². The van der Waals surface area contributed by atoms with E-state index >= 15 is 0 Å². The first-order valence-corrected chi connectivity index (χ1v) is 7.10. The number of nitrogens with zero attached hydrogens (tertiary/aromatic N) is 1. The molecule has 1 heterocycles. The second kappa shape index (κ2) is 6.26. The number of aryl methyl sites for hydroxylation is 1. The number of H-pyrrole nitrogens is 1. The van der Waals surface area contributed by atoms with Crippen LogP contribution in [0.25, 0.3) is 10.9 Å². The summed E-state index contributed by atoms with van der Waals surface area (Å²) in [4.78, 5) is 16.9. The first kappa shape index (κ1) is 15.5. The molecule has 0 saturated carbocycles. The smallest absolute Gasteiger partial charge is 0.221 e. The number of hydrogen-bond acceptors (Lipinski definition) is 2. The molecule has 2 rings (SSSR count). The van der Waals surface area contributed by atoms with Gasteiger partial charge in [0.05, 0.1) is 0 Å². The van der Waals surface area contributed by atoms with Crippen molar-refractivity contribution >= 4 is 16.8 Å². The van der Waals surface area contributed by atoms with Gasteiger partial charge in [-0.3, -0.25) is 9.69 Å². The van der Waals surface area contributed by atoms with Crippen LogP contribution in [0.1, 0.15) is 24.6 Å². The molecule has 1 aromatic heterocycles. The van der Waals surface area contributed by atoms with Crippen molar-refractivity contribution in [1.82, 2.24) is 15.2 Å². The SMILES string of the molecule is CNC(=O)C[C@H](C)N(C)Cc1[nH]c2ccc(F)cc2c1C. The monoisotopic (exact) mass is 291 g/mol. The molecule has 21 heavy (non-hydrogen) atoms. The van der Waals surface area contributed by atoms with Crippen LogP contribution in [0.15, 0.2) is 18.2 Å². The minimum atomic E-state index is -0.225. The van der Waals surface area contributed by atoms with Gasteiger partial charge in [0, 0.05) is 42.7 Å². The Morgan fingerprint density at radius 2 is 2.19 bits per heavy atom. The molecular formula is C16H22FN3O. The van der Waals surface area contributed by atoms with Gasteiger partial charge in [0.1, 0.15) is 5.82 Å². The van der Waals surface area contributed by atoms with Crippen molar-refractivity contribution in [2.24, 2.45) is 0 Å². The number of carbonyl (C=O) groups is 1. The lowest BCUT2D eigenvalue weighted by Crippen LogP contribution is -2.34. The maximum absolute atomic E-state index is 13.3. The lowest BCUT2D eigenvalue weighted by Gasteiger charge is -2.23. The molecule has 1 atom stereocenters. The van der Waals surface area contributed by atoms with Gasteiger partial charge in [0.15, 0.2) is 0 Å². The lowest BCUT2D eigenvalue weighted by atomic mass is 10.1. The van der Waals surface area contributed by atoms with E-state index in [-0.39, 0.29) is 17.8 Å². The molecule has 2 aromatic rings. The number of fused-ring (bicyclic) bond motifs is 1. The Bertz CT molecular complexity index is 650. The second-order valence-electron chi connectivity index (χ2n) is 5.56. The molecular weight excluding hydrogens is 269 g/mol. The summed E-state index contributed by atoms with van der Waals surface area (Å²) in [6.45, 7) is 4.71. The van der Waals surface area contributed by atoms with E-state index in [1.807, 2.05) is 20.9 Å². The lowest BCUT2D eigenvalue weighted by molar-refractivity contribution is -0.121. The molecule has 0 bridgehead atoms. The first-order chi connectivity index (χ1) is 9.92. The fourth-order valence-corrected chi connectivity index (χ4v) is 2.44. The number of benzene rings is 1. The molecule has 0 spiro atoms. The van der Waals surface area contributed by atoms with Crippen molar-refractivity contribution in [2.45, 2.75) is 32.9 Å². The van der Waals surface area contributed by atoms with Crippen molar-refractivity contribution in [3.8, 4) is 0 Å². The van der Waals surface area contributed by atoms with Gasteiger partial charge in [0.2, 0.25) is 5.91 Å². The minimum Gasteiger partial charge on any atom is -0.359 e. The van der Waals surface area contributed by atoms with E-state index in [0.29, 0.717) is 13.0 Å². The fraction of sp³-hybridized carbons (Fsp3) is 0.438. The molecule has 5 heteroatoms. The average Bonchev–Trinajstić information content (AvgIpc) is 2.75. The molecule has 0 aliphatic heterocycles. The second-order valence-corrected chi connectivity index (χ2v) is 5.56. The number of rotatable bonds is 5. The molecule has 2 N–H and O–H groups in total. The molecule has 0 saturated heterocycles. The van der Waals surface area contributed by atoms with Crippen molar-refractivity contribution in [1.29, 1.82) is 0 Å². The Morgan fingerprint density at radius 3 is 2.86 bits per heavy atom. The Balaban J connectivity index is 2.15. The van der Waals surface area contributed by atoms with E-state index in [2.05, 4.69) is 15.2 Å². The van der Waals surface area contributed by atoms with Crippen LogP contribution in [0, 0.1) is 12.7 Å². The molecule has 4 nitrogen and oxygen atoms in total. The van der Waals surface area contributed by atoms with Gasteiger partial charge < -0.3 is 10.3 Å². The topological polar surface area (TPSA) is 48.1 Å². The van der Waals surface area contributed by atoms with Gasteiger partial charge in [-0.05, 0) is 44.7 Å². The van der Waals surface area contributed by atoms with Crippen LogP contribution in [-0.2, 0) is 11.3 Å². The van der Waals surface area contributed by atoms with Crippen LogP contribution in [0.2, 0.25) is 0 Å². The zero-order valence-corrected chi connectivity index (χ0v) is 13.0. The van der Waals surface area contributed by atoms with E-state index in [1.54, 1.807) is 19.2 Å². The van der Waals surface area contributed by atoms with Crippen LogP contribution in [0.5, 0.6) is 0 Å². The van der Waals surface area contributed by atoms with Crippen molar-refractivity contribution < 1.29 is 9.18 Å². The van der Waals surface area contributed by atoms with Crippen LogP contribution >= 0.6 is 0 Å². The summed E-state index contributed by atoms with van der Waals surface area (Å²) < 4.78 is 13.3. The molecule has 0 aliphatic rings. The number of halogens is 1. The third kappa shape index (κ3) is 3.42. The quantitative estimate of drug-likeness (QED) is 0.889. The standard InChI is InChI=1S/C16H22FN3O/c1-10(7-16(21)18-3)20(4)9-15-11(2)13-8-12(17)5-6-14(13)19-15/h5-6,8,10,19H,7,9H2,1-4H3,(H,18,21)/t10-/m0/s1. The predicted molar refractivity (Wildman–Crippen MR) is 82.6 cm³/mol. The average molecular weight is 291 g/mol. The molecule has 0 fully saturated rings. The highest BCUT2D eigenvalue weighted by Crippen LogP contribution is 2.23. The molecule has 1 aromatic carbocycles. The summed E-state index contributed by atoms with van der Waals surface area (Å²) in [5.41, 5.74) is 3.06. The van der Waals surface area contributed by atoms with E-state index in [4.69, 9.17) is 0 Å². The normalized spacial score (nSPS) is 12.9. The minimum absolute atomic E-state index is 0.0322. The van der Waals surface area contributed by atoms with Gasteiger partial charge in [-0.15, -0.1) is 0 Å². The van der Waals surface area contributed by atoms with Crippen LogP contribution in [-0.4, -0.2) is 35.9 Å². The van der Waals surface area contributed by atoms with E-state index in [0.717, 1.165) is 22.2 Å². The molecule has 0 aliphatic carbocycles. The molecule has 1 amide bonds. The summed E-state index contributed by atoms with van der Waals surface area (Å²) in [6.07, 6.45) is 0.459. The highest BCUT2D eigenvalue weighted by molar-refractivity contribution is 5.84. The van der Waals surface area contributed by atoms with E-state index in [1.165, 1.54) is 6.07 Å². The van der Waals surface area contributed by atoms with E-state index < -0.39 is 0 Å². The van der Waals surface area contributed by atoms with E-state index in [9.17, 15) is 9.18 Å². The summed E-state index contributed by atoms with van der Waals surface area (Å²) in [6, 6.07) is 4.90. The van der Waals surface area contributed by atoms with Gasteiger partial charge in [0.25, 0.3) is 0 Å². The summed E-state index contributed by atoms with van der Waals surface area (Å²) in [5, 5.41) is 3.55. The largest absolute Gasteiger partial charge is 0.359 e. The highest BCUT2D eigenvalue weighted by Gasteiger charge is 2.16. The molecule has 0 unspecified atom stereocenters. The van der Waals surface area contributed by atoms with Gasteiger partial charge in [-0.1, -0.05) is 0 Å². The molecule has 0 radical (unpaired) electrons. The maximum atomic E-state index is 13.3. The van der Waals surface area contributed by atoms with Gasteiger partial charge in [-0.25, -0.2) is 4.39 Å². The fourth-order valence-electron chi connectivity index (χ4n) is 2.44. The Morgan fingerprint density at radius 1 is 1.48 bits per heavy atom. The Hall–Kier alpha value is -1.88. The predicted octanol–water partition coefficient (Wildman–Crippen LogP) is 2.57. The Labute approximate surface area is 124 Å². The van der Waals surface area contributed by atoms with Crippen molar-refractivity contribution in [3.05, 3.63) is 35.3 Å². The third-order valence-electron chi connectivity index (χ3n) is 4.04. The number of nitrogens with one attached hydrogen (secondary N) is 2. The van der Waals surface area contributed by atoms with Crippen LogP contribution in [0.3, 0.4) is 0 Å². The zero-order chi connectivity index (χ0) is 15.6. The number of carbonyl (C=O) groups excluding carboxylic acids is 1. The summed E-state index contributed by atoms with van der Waals surface area (Å²) >= 11 is 0. The number of amides is 1. The first-order valence-electron chi connectivity index (χ1n) is 7.10. The summed E-state index contributed by atoms with van der Waals surface area (Å²) in [7, 11) is 3.63.